The first-order chi connectivity index (χ1) is 7.62. The number of hydrogen-bond acceptors (Lipinski definition) is 1. The molecule has 1 unspecified atom stereocenters. The van der Waals surface area contributed by atoms with Gasteiger partial charge in [-0.25, -0.2) is 4.39 Å². The molecule has 2 rings (SSSR count). The number of halogens is 1. The van der Waals surface area contributed by atoms with Crippen LogP contribution in [0.15, 0.2) is 24.3 Å². The Morgan fingerprint density at radius 3 is 2.44 bits per heavy atom. The van der Waals surface area contributed by atoms with Crippen LogP contribution in [-0.4, -0.2) is 0 Å². The van der Waals surface area contributed by atoms with E-state index in [4.69, 9.17) is 5.73 Å². The zero-order valence-corrected chi connectivity index (χ0v) is 9.88. The normalized spacial score (nSPS) is 21.7. The van der Waals surface area contributed by atoms with Gasteiger partial charge in [0.2, 0.25) is 0 Å². The average molecular weight is 221 g/mol. The van der Waals surface area contributed by atoms with E-state index >= 15 is 0 Å². The lowest BCUT2D eigenvalue weighted by atomic mass is 9.72. The largest absolute Gasteiger partial charge is 0.321 e. The minimum atomic E-state index is -0.522. The van der Waals surface area contributed by atoms with Crippen molar-refractivity contribution in [2.45, 2.75) is 44.6 Å². The summed E-state index contributed by atoms with van der Waals surface area (Å²) in [4.78, 5) is 0. The summed E-state index contributed by atoms with van der Waals surface area (Å²) in [5.41, 5.74) is 6.52. The highest BCUT2D eigenvalue weighted by atomic mass is 19.1. The fraction of sp³-hybridized carbons (Fsp3) is 0.571. The second kappa shape index (κ2) is 4.54. The second-order valence-electron chi connectivity index (χ2n) is 5.10. The monoisotopic (exact) mass is 221 g/mol. The van der Waals surface area contributed by atoms with Gasteiger partial charge in [0.1, 0.15) is 5.82 Å². The maximum Gasteiger partial charge on any atom is 0.128 e. The molecule has 1 saturated carbocycles. The quantitative estimate of drug-likeness (QED) is 0.811. The predicted molar refractivity (Wildman–Crippen MR) is 64.5 cm³/mol. The standard InChI is InChI=1S/C14H20FN/c1-14(16,11-7-3-2-4-8-11)12-9-5-6-10-13(12)15/h5-6,9-11H,2-4,7-8,16H2,1H3. The van der Waals surface area contributed by atoms with Gasteiger partial charge in [-0.2, -0.15) is 0 Å². The molecule has 1 aromatic rings. The van der Waals surface area contributed by atoms with Gasteiger partial charge >= 0.3 is 0 Å². The highest BCUT2D eigenvalue weighted by molar-refractivity contribution is 5.26. The Hall–Kier alpha value is -0.890. The lowest BCUT2D eigenvalue weighted by Crippen LogP contribution is -2.42. The van der Waals surface area contributed by atoms with Gasteiger partial charge in [0, 0.05) is 11.1 Å². The minimum absolute atomic E-state index is 0.168. The summed E-state index contributed by atoms with van der Waals surface area (Å²) in [6, 6.07) is 6.91. The van der Waals surface area contributed by atoms with E-state index in [2.05, 4.69) is 0 Å². The first-order valence-corrected chi connectivity index (χ1v) is 6.16. The van der Waals surface area contributed by atoms with E-state index < -0.39 is 5.54 Å². The van der Waals surface area contributed by atoms with Gasteiger partial charge in [-0.15, -0.1) is 0 Å². The lowest BCUT2D eigenvalue weighted by molar-refractivity contribution is 0.219. The molecule has 0 radical (unpaired) electrons. The van der Waals surface area contributed by atoms with Crippen LogP contribution < -0.4 is 5.73 Å². The van der Waals surface area contributed by atoms with Gasteiger partial charge in [0.05, 0.1) is 0 Å². The van der Waals surface area contributed by atoms with Crippen molar-refractivity contribution in [2.24, 2.45) is 11.7 Å². The number of rotatable bonds is 2. The van der Waals surface area contributed by atoms with Crippen molar-refractivity contribution in [1.82, 2.24) is 0 Å². The molecule has 2 N–H and O–H groups in total. The summed E-state index contributed by atoms with van der Waals surface area (Å²) < 4.78 is 13.8. The Labute approximate surface area is 96.9 Å². The first-order valence-electron chi connectivity index (χ1n) is 6.16. The van der Waals surface area contributed by atoms with Crippen LogP contribution >= 0.6 is 0 Å². The van der Waals surface area contributed by atoms with Gasteiger partial charge < -0.3 is 5.73 Å². The molecule has 1 aliphatic rings. The fourth-order valence-electron chi connectivity index (χ4n) is 2.82. The molecule has 1 nitrogen and oxygen atoms in total. The van der Waals surface area contributed by atoms with E-state index in [1.54, 1.807) is 6.07 Å². The summed E-state index contributed by atoms with van der Waals surface area (Å²) >= 11 is 0. The third-order valence-corrected chi connectivity index (χ3v) is 3.91. The van der Waals surface area contributed by atoms with Crippen LogP contribution in [0.1, 0.15) is 44.6 Å². The van der Waals surface area contributed by atoms with Crippen LogP contribution in [0.5, 0.6) is 0 Å². The smallest absolute Gasteiger partial charge is 0.128 e. The van der Waals surface area contributed by atoms with Crippen LogP contribution in [0.3, 0.4) is 0 Å². The third-order valence-electron chi connectivity index (χ3n) is 3.91. The molecule has 0 spiro atoms. The highest BCUT2D eigenvalue weighted by Crippen LogP contribution is 2.37. The maximum atomic E-state index is 13.8. The van der Waals surface area contributed by atoms with E-state index in [0.29, 0.717) is 11.5 Å². The van der Waals surface area contributed by atoms with Gasteiger partial charge in [0.25, 0.3) is 0 Å². The average Bonchev–Trinajstić information content (AvgIpc) is 2.30. The summed E-state index contributed by atoms with van der Waals surface area (Å²) in [5.74, 6) is 0.247. The maximum absolute atomic E-state index is 13.8. The first kappa shape index (κ1) is 11.6. The van der Waals surface area contributed by atoms with E-state index in [1.165, 1.54) is 25.3 Å². The Morgan fingerprint density at radius 1 is 1.19 bits per heavy atom. The molecule has 0 saturated heterocycles. The van der Waals surface area contributed by atoms with Gasteiger partial charge in [-0.1, -0.05) is 37.5 Å². The summed E-state index contributed by atoms with van der Waals surface area (Å²) in [5, 5.41) is 0. The van der Waals surface area contributed by atoms with Crippen LogP contribution in [0, 0.1) is 11.7 Å². The molecule has 1 aromatic carbocycles. The van der Waals surface area contributed by atoms with Crippen LogP contribution in [-0.2, 0) is 5.54 Å². The minimum Gasteiger partial charge on any atom is -0.321 e. The Kier molecular flexibility index (Phi) is 3.29. The molecule has 88 valence electrons. The Bertz CT molecular complexity index is 354. The fourth-order valence-corrected chi connectivity index (χ4v) is 2.82. The topological polar surface area (TPSA) is 26.0 Å². The van der Waals surface area contributed by atoms with Gasteiger partial charge in [-0.3, -0.25) is 0 Å². The summed E-state index contributed by atoms with van der Waals surface area (Å²) in [6.45, 7) is 1.97. The Balaban J connectivity index is 2.26. The molecule has 1 fully saturated rings. The van der Waals surface area contributed by atoms with Gasteiger partial charge in [-0.05, 0) is 31.7 Å². The zero-order chi connectivity index (χ0) is 11.6. The van der Waals surface area contributed by atoms with E-state index in [1.807, 2.05) is 19.1 Å². The predicted octanol–water partition coefficient (Wildman–Crippen LogP) is 3.58. The molecule has 0 amide bonds. The van der Waals surface area contributed by atoms with E-state index in [9.17, 15) is 4.39 Å². The van der Waals surface area contributed by atoms with Crippen LogP contribution in [0.25, 0.3) is 0 Å². The molecule has 1 atom stereocenters. The van der Waals surface area contributed by atoms with Crippen molar-refractivity contribution in [3.8, 4) is 0 Å². The van der Waals surface area contributed by atoms with Crippen molar-refractivity contribution in [2.75, 3.05) is 0 Å². The molecule has 1 aliphatic carbocycles. The number of hydrogen-bond donors (Lipinski definition) is 1. The van der Waals surface area contributed by atoms with Gasteiger partial charge in [0.15, 0.2) is 0 Å². The molecule has 16 heavy (non-hydrogen) atoms. The summed E-state index contributed by atoms with van der Waals surface area (Å²) in [7, 11) is 0. The molecular weight excluding hydrogens is 201 g/mol. The van der Waals surface area contributed by atoms with E-state index in [0.717, 1.165) is 12.8 Å². The van der Waals surface area contributed by atoms with Crippen molar-refractivity contribution < 1.29 is 4.39 Å². The van der Waals surface area contributed by atoms with Crippen molar-refractivity contribution in [3.05, 3.63) is 35.6 Å². The molecular formula is C14H20FN. The second-order valence-corrected chi connectivity index (χ2v) is 5.10. The molecule has 2 heteroatoms. The van der Waals surface area contributed by atoms with Crippen molar-refractivity contribution >= 4 is 0 Å². The number of nitrogens with two attached hydrogens (primary N) is 1. The number of benzene rings is 1. The molecule has 0 heterocycles. The van der Waals surface area contributed by atoms with Crippen molar-refractivity contribution in [1.29, 1.82) is 0 Å². The molecule has 0 bridgehead atoms. The SMILES string of the molecule is CC(N)(c1ccccc1F)C1CCCCC1. The van der Waals surface area contributed by atoms with Crippen molar-refractivity contribution in [3.63, 3.8) is 0 Å². The van der Waals surface area contributed by atoms with Crippen LogP contribution in [0.2, 0.25) is 0 Å². The third kappa shape index (κ3) is 2.12. The summed E-state index contributed by atoms with van der Waals surface area (Å²) in [6.07, 6.45) is 6.00. The molecule has 0 aromatic heterocycles. The molecule has 0 aliphatic heterocycles. The lowest BCUT2D eigenvalue weighted by Gasteiger charge is -2.37. The Morgan fingerprint density at radius 2 is 1.81 bits per heavy atom. The zero-order valence-electron chi connectivity index (χ0n) is 9.88. The highest BCUT2D eigenvalue weighted by Gasteiger charge is 2.34. The van der Waals surface area contributed by atoms with E-state index in [-0.39, 0.29) is 5.82 Å². The van der Waals surface area contributed by atoms with Crippen LogP contribution in [0.4, 0.5) is 4.39 Å².